The highest BCUT2D eigenvalue weighted by Crippen LogP contribution is 2.44. The van der Waals surface area contributed by atoms with Crippen LogP contribution >= 0.6 is 0 Å². The fraction of sp³-hybridized carbons (Fsp3) is 0.588. The van der Waals surface area contributed by atoms with Crippen LogP contribution in [-0.4, -0.2) is 26.1 Å². The Kier molecular flexibility index (Phi) is 4.27. The van der Waals surface area contributed by atoms with Crippen LogP contribution in [0.15, 0.2) is 24.3 Å². The number of amides is 1. The maximum atomic E-state index is 12.9. The zero-order chi connectivity index (χ0) is 14.7. The number of nitrogens with one attached hydrogen (secondary N) is 2. The average Bonchev–Trinajstić information content (AvgIpc) is 2.93. The van der Waals surface area contributed by atoms with Gasteiger partial charge in [-0.15, -0.1) is 0 Å². The van der Waals surface area contributed by atoms with E-state index in [1.165, 1.54) is 12.8 Å². The molecule has 1 heterocycles. The lowest BCUT2D eigenvalue weighted by Crippen LogP contribution is -2.44. The highest BCUT2D eigenvalue weighted by atomic mass is 16.5. The van der Waals surface area contributed by atoms with Crippen molar-refractivity contribution in [2.24, 2.45) is 11.3 Å². The molecule has 1 aromatic rings. The van der Waals surface area contributed by atoms with Gasteiger partial charge in [-0.2, -0.15) is 0 Å². The van der Waals surface area contributed by atoms with Crippen molar-refractivity contribution < 1.29 is 9.53 Å². The summed E-state index contributed by atoms with van der Waals surface area (Å²) in [6, 6.07) is 7.93. The molecular formula is C17H24N2O2. The highest BCUT2D eigenvalue weighted by molar-refractivity contribution is 5.96. The number of carbonyl (C=O) groups is 1. The second kappa shape index (κ2) is 6.16. The summed E-state index contributed by atoms with van der Waals surface area (Å²) in [6.07, 6.45) is 4.60. The average molecular weight is 288 g/mol. The number of hydrogen-bond acceptors (Lipinski definition) is 3. The van der Waals surface area contributed by atoms with Crippen molar-refractivity contribution in [1.29, 1.82) is 0 Å². The summed E-state index contributed by atoms with van der Waals surface area (Å²) in [6.45, 7) is 2.37. The normalized spacial score (nSPS) is 28.1. The van der Waals surface area contributed by atoms with Crippen molar-refractivity contribution >= 4 is 11.6 Å². The van der Waals surface area contributed by atoms with Crippen molar-refractivity contribution in [2.45, 2.75) is 32.3 Å². The lowest BCUT2D eigenvalue weighted by Gasteiger charge is -2.37. The minimum Gasteiger partial charge on any atom is -0.380 e. The second-order valence-corrected chi connectivity index (χ2v) is 6.32. The fourth-order valence-electron chi connectivity index (χ4n) is 3.85. The van der Waals surface area contributed by atoms with E-state index in [2.05, 4.69) is 10.6 Å². The molecule has 0 bridgehead atoms. The smallest absolute Gasteiger partial charge is 0.232 e. The first-order valence-electron chi connectivity index (χ1n) is 7.85. The van der Waals surface area contributed by atoms with Crippen molar-refractivity contribution in [3.8, 4) is 0 Å². The van der Waals surface area contributed by atoms with Gasteiger partial charge >= 0.3 is 0 Å². The van der Waals surface area contributed by atoms with E-state index in [1.807, 2.05) is 24.3 Å². The van der Waals surface area contributed by atoms with Gasteiger partial charge in [0.05, 0.1) is 12.0 Å². The monoisotopic (exact) mass is 288 g/mol. The van der Waals surface area contributed by atoms with E-state index < -0.39 is 0 Å². The maximum Gasteiger partial charge on any atom is 0.232 e. The first kappa shape index (κ1) is 14.5. The number of benzene rings is 1. The fourth-order valence-corrected chi connectivity index (χ4v) is 3.85. The minimum atomic E-state index is -0.199. The number of fused-ring (bicyclic) bond motifs is 1. The van der Waals surface area contributed by atoms with Crippen LogP contribution < -0.4 is 10.6 Å². The molecule has 21 heavy (non-hydrogen) atoms. The quantitative estimate of drug-likeness (QED) is 0.895. The first-order valence-corrected chi connectivity index (χ1v) is 7.85. The Bertz CT molecular complexity index is 517. The van der Waals surface area contributed by atoms with Crippen molar-refractivity contribution in [1.82, 2.24) is 5.32 Å². The third kappa shape index (κ3) is 2.83. The van der Waals surface area contributed by atoms with Gasteiger partial charge in [0.1, 0.15) is 0 Å². The van der Waals surface area contributed by atoms with Crippen LogP contribution in [0.2, 0.25) is 0 Å². The second-order valence-electron chi connectivity index (χ2n) is 6.32. The van der Waals surface area contributed by atoms with E-state index in [0.717, 1.165) is 37.2 Å². The molecule has 0 aromatic heterocycles. The van der Waals surface area contributed by atoms with Gasteiger partial charge < -0.3 is 15.4 Å². The van der Waals surface area contributed by atoms with Gasteiger partial charge in [0.15, 0.2) is 0 Å². The van der Waals surface area contributed by atoms with Crippen molar-refractivity contribution in [3.05, 3.63) is 29.8 Å². The molecular weight excluding hydrogens is 264 g/mol. The largest absolute Gasteiger partial charge is 0.380 e. The molecule has 2 aliphatic rings. The SMILES string of the molecule is COCc1cccc(NC(=O)[C@@]23CCCC[C@H]2CNC3)c1. The Morgan fingerprint density at radius 3 is 3.24 bits per heavy atom. The van der Waals surface area contributed by atoms with E-state index in [9.17, 15) is 4.79 Å². The predicted molar refractivity (Wildman–Crippen MR) is 83.0 cm³/mol. The molecule has 4 nitrogen and oxygen atoms in total. The van der Waals surface area contributed by atoms with Gasteiger partial charge in [0.25, 0.3) is 0 Å². The molecule has 1 saturated carbocycles. The number of rotatable bonds is 4. The molecule has 1 aliphatic heterocycles. The molecule has 4 heteroatoms. The first-order chi connectivity index (χ1) is 10.2. The number of carbonyl (C=O) groups excluding carboxylic acids is 1. The summed E-state index contributed by atoms with van der Waals surface area (Å²) >= 11 is 0. The number of anilines is 1. The van der Waals surface area contributed by atoms with Crippen LogP contribution in [0, 0.1) is 11.3 Å². The third-order valence-corrected chi connectivity index (χ3v) is 4.99. The molecule has 0 unspecified atom stereocenters. The molecule has 114 valence electrons. The van der Waals surface area contributed by atoms with Crippen LogP contribution in [0.5, 0.6) is 0 Å². The Morgan fingerprint density at radius 1 is 1.48 bits per heavy atom. The molecule has 1 saturated heterocycles. The van der Waals surface area contributed by atoms with Gasteiger partial charge in [-0.05, 0) is 43.0 Å². The molecule has 1 aromatic carbocycles. The van der Waals surface area contributed by atoms with Gasteiger partial charge in [-0.1, -0.05) is 25.0 Å². The zero-order valence-electron chi connectivity index (χ0n) is 12.7. The van der Waals surface area contributed by atoms with Gasteiger partial charge in [-0.25, -0.2) is 0 Å². The summed E-state index contributed by atoms with van der Waals surface area (Å²) in [5, 5.41) is 6.56. The van der Waals surface area contributed by atoms with Crippen LogP contribution in [0.3, 0.4) is 0 Å². The topological polar surface area (TPSA) is 50.4 Å². The van der Waals surface area contributed by atoms with Gasteiger partial charge in [0.2, 0.25) is 5.91 Å². The van der Waals surface area contributed by atoms with Crippen LogP contribution in [0.25, 0.3) is 0 Å². The Labute approximate surface area is 126 Å². The Balaban J connectivity index is 1.75. The molecule has 2 N–H and O–H groups in total. The van der Waals surface area contributed by atoms with Crippen molar-refractivity contribution in [2.75, 3.05) is 25.5 Å². The zero-order valence-corrected chi connectivity index (χ0v) is 12.7. The van der Waals surface area contributed by atoms with Crippen molar-refractivity contribution in [3.63, 3.8) is 0 Å². The molecule has 1 aliphatic carbocycles. The Hall–Kier alpha value is -1.39. The highest BCUT2D eigenvalue weighted by Gasteiger charge is 2.49. The van der Waals surface area contributed by atoms with Crippen LogP contribution in [0.1, 0.15) is 31.2 Å². The lowest BCUT2D eigenvalue weighted by molar-refractivity contribution is -0.128. The summed E-state index contributed by atoms with van der Waals surface area (Å²) in [4.78, 5) is 12.9. The molecule has 0 spiro atoms. The molecule has 0 radical (unpaired) electrons. The van der Waals surface area contributed by atoms with E-state index in [1.54, 1.807) is 7.11 Å². The Morgan fingerprint density at radius 2 is 2.38 bits per heavy atom. The minimum absolute atomic E-state index is 0.187. The van der Waals surface area contributed by atoms with Crippen LogP contribution in [0.4, 0.5) is 5.69 Å². The van der Waals surface area contributed by atoms with E-state index in [-0.39, 0.29) is 11.3 Å². The molecule has 3 rings (SSSR count). The molecule has 2 atom stereocenters. The number of hydrogen-bond donors (Lipinski definition) is 2. The maximum absolute atomic E-state index is 12.9. The lowest BCUT2D eigenvalue weighted by atomic mass is 9.67. The standard InChI is InChI=1S/C17H24N2O2/c1-21-11-13-5-4-7-15(9-13)19-16(20)17-8-3-2-6-14(17)10-18-12-17/h4-5,7,9,14,18H,2-3,6,8,10-12H2,1H3,(H,19,20)/t14-,17+/m0/s1. The molecule has 2 fully saturated rings. The summed E-state index contributed by atoms with van der Waals surface area (Å²) in [7, 11) is 1.68. The van der Waals surface area contributed by atoms with Gasteiger partial charge in [0, 0.05) is 19.3 Å². The summed E-state index contributed by atoms with van der Waals surface area (Å²) in [5.41, 5.74) is 1.76. The van der Waals surface area contributed by atoms with E-state index in [4.69, 9.17) is 4.74 Å². The predicted octanol–water partition coefficient (Wildman–Crippen LogP) is 2.55. The van der Waals surface area contributed by atoms with E-state index in [0.29, 0.717) is 12.5 Å². The third-order valence-electron chi connectivity index (χ3n) is 4.99. The van der Waals surface area contributed by atoms with E-state index >= 15 is 0 Å². The van der Waals surface area contributed by atoms with Gasteiger partial charge in [-0.3, -0.25) is 4.79 Å². The molecule has 1 amide bonds. The van der Waals surface area contributed by atoms with Crippen LogP contribution in [-0.2, 0) is 16.1 Å². The summed E-state index contributed by atoms with van der Waals surface area (Å²) < 4.78 is 5.15. The number of ether oxygens (including phenoxy) is 1. The summed E-state index contributed by atoms with van der Waals surface area (Å²) in [5.74, 6) is 0.681. The number of methoxy groups -OCH3 is 1.